The van der Waals surface area contributed by atoms with Gasteiger partial charge in [0.05, 0.1) is 42.5 Å². The predicted molar refractivity (Wildman–Crippen MR) is 145 cm³/mol. The number of hydrogen-bond donors (Lipinski definition) is 1. The van der Waals surface area contributed by atoms with E-state index in [1.807, 2.05) is 49.5 Å². The number of rotatable bonds is 7. The maximum absolute atomic E-state index is 14.9. The molecule has 10 nitrogen and oxygen atoms in total. The summed E-state index contributed by atoms with van der Waals surface area (Å²) in [5.74, 6) is -1.22. The average Bonchev–Trinajstić information content (AvgIpc) is 3.39. The van der Waals surface area contributed by atoms with Gasteiger partial charge in [-0.25, -0.2) is 28.2 Å². The molecule has 1 N–H and O–H groups in total. The van der Waals surface area contributed by atoms with Crippen LogP contribution in [-0.4, -0.2) is 68.7 Å². The molecule has 0 bridgehead atoms. The van der Waals surface area contributed by atoms with Crippen molar-refractivity contribution in [2.24, 2.45) is 0 Å². The number of piperidine rings is 1. The van der Waals surface area contributed by atoms with E-state index in [4.69, 9.17) is 14.2 Å². The quantitative estimate of drug-likeness (QED) is 0.293. The highest BCUT2D eigenvalue weighted by Crippen LogP contribution is 2.41. The van der Waals surface area contributed by atoms with E-state index in [-0.39, 0.29) is 18.1 Å². The number of aromatic nitrogens is 5. The fourth-order valence-corrected chi connectivity index (χ4v) is 4.79. The minimum absolute atomic E-state index is 0.0722. The molecule has 12 heteroatoms. The number of ether oxygens (including phenoxy) is 3. The fraction of sp³-hybridized carbons (Fsp3) is 0.286. The van der Waals surface area contributed by atoms with Gasteiger partial charge in [0, 0.05) is 24.8 Å². The number of methoxy groups -OCH3 is 1. The highest BCUT2D eigenvalue weighted by molar-refractivity contribution is 5.96. The Bertz CT molecular complexity index is 1690. The monoisotopic (exact) mass is 547 g/mol. The van der Waals surface area contributed by atoms with Crippen molar-refractivity contribution in [2.45, 2.75) is 25.4 Å². The maximum Gasteiger partial charge on any atom is 0.296 e. The van der Waals surface area contributed by atoms with Gasteiger partial charge in [-0.2, -0.15) is 5.10 Å². The molecule has 5 aromatic rings. The van der Waals surface area contributed by atoms with Gasteiger partial charge in [-0.15, -0.1) is 0 Å². The van der Waals surface area contributed by atoms with Crippen LogP contribution >= 0.6 is 0 Å². The molecular formula is C28H27F2N7O3. The summed E-state index contributed by atoms with van der Waals surface area (Å²) < 4.78 is 49.0. The number of halogens is 2. The summed E-state index contributed by atoms with van der Waals surface area (Å²) in [6.07, 6.45) is 5.21. The van der Waals surface area contributed by atoms with Gasteiger partial charge in [0.1, 0.15) is 23.6 Å². The number of fused-ring (bicyclic) bond motifs is 2. The third-order valence-electron chi connectivity index (χ3n) is 6.81. The lowest BCUT2D eigenvalue weighted by Crippen LogP contribution is -2.52. The first-order valence-corrected chi connectivity index (χ1v) is 12.7. The van der Waals surface area contributed by atoms with Crippen molar-refractivity contribution in [3.8, 4) is 23.1 Å². The van der Waals surface area contributed by atoms with E-state index in [1.165, 1.54) is 19.6 Å². The van der Waals surface area contributed by atoms with Crippen LogP contribution in [0.15, 0.2) is 61.3 Å². The van der Waals surface area contributed by atoms with Crippen LogP contribution in [-0.2, 0) is 0 Å². The molecule has 40 heavy (non-hydrogen) atoms. The van der Waals surface area contributed by atoms with Crippen LogP contribution < -0.4 is 19.5 Å². The molecule has 5 heterocycles. The number of alkyl halides is 2. The van der Waals surface area contributed by atoms with Crippen molar-refractivity contribution in [1.82, 2.24) is 29.5 Å². The molecule has 1 saturated heterocycles. The van der Waals surface area contributed by atoms with E-state index >= 15 is 0 Å². The summed E-state index contributed by atoms with van der Waals surface area (Å²) in [4.78, 5) is 14.5. The zero-order valence-corrected chi connectivity index (χ0v) is 22.1. The summed E-state index contributed by atoms with van der Waals surface area (Å²) in [5.41, 5.74) is 2.97. The third-order valence-corrected chi connectivity index (χ3v) is 6.81. The van der Waals surface area contributed by atoms with Crippen LogP contribution in [0, 0.1) is 6.92 Å². The van der Waals surface area contributed by atoms with Crippen molar-refractivity contribution in [3.05, 3.63) is 66.9 Å². The molecule has 4 aromatic heterocycles. The fourth-order valence-electron chi connectivity index (χ4n) is 4.79. The van der Waals surface area contributed by atoms with E-state index in [2.05, 4.69) is 25.4 Å². The number of nitrogens with zero attached hydrogens (tertiary/aromatic N) is 6. The number of likely N-dealkylation sites (tertiary alicyclic amines) is 1. The molecule has 1 aromatic carbocycles. The first-order chi connectivity index (χ1) is 19.3. The lowest BCUT2D eigenvalue weighted by Gasteiger charge is -2.36. The standard InChI is InChI=1S/C28H27F2N7O3/c1-17-12-18(4-7-22(17)39-20-6-5-19-8-10-34-37(19)14-20)35-26-24-21(32-16-33-26)13-31-27(38-3)25(24)40-23-9-11-36(2)15-28(23,29)30/h4-8,10,12-14,16,23H,9,11,15H2,1-3H3,(H,32,33,35)/t23-/m1/s1. The predicted octanol–water partition coefficient (Wildman–Crippen LogP) is 5.24. The molecule has 6 rings (SSSR count). The zero-order chi connectivity index (χ0) is 27.9. The molecular weight excluding hydrogens is 520 g/mol. The lowest BCUT2D eigenvalue weighted by atomic mass is 10.0. The van der Waals surface area contributed by atoms with Gasteiger partial charge in [-0.1, -0.05) is 0 Å². The Kier molecular flexibility index (Phi) is 6.54. The molecule has 1 atom stereocenters. The van der Waals surface area contributed by atoms with Crippen LogP contribution in [0.2, 0.25) is 0 Å². The van der Waals surface area contributed by atoms with Gasteiger partial charge in [-0.05, 0) is 55.9 Å². The largest absolute Gasteiger partial charge is 0.478 e. The lowest BCUT2D eigenvalue weighted by molar-refractivity contribution is -0.135. The molecule has 0 saturated carbocycles. The Balaban J connectivity index is 1.31. The molecule has 0 aliphatic carbocycles. The maximum atomic E-state index is 14.9. The van der Waals surface area contributed by atoms with Gasteiger partial charge < -0.3 is 24.4 Å². The second kappa shape index (κ2) is 10.2. The second-order valence-electron chi connectivity index (χ2n) is 9.75. The molecule has 1 aliphatic heterocycles. The van der Waals surface area contributed by atoms with Crippen LogP contribution in [0.4, 0.5) is 20.3 Å². The highest BCUT2D eigenvalue weighted by Gasteiger charge is 2.46. The molecule has 1 aliphatic rings. The second-order valence-corrected chi connectivity index (χ2v) is 9.75. The van der Waals surface area contributed by atoms with Gasteiger partial charge in [0.15, 0.2) is 11.9 Å². The number of pyridine rings is 2. The highest BCUT2D eigenvalue weighted by atomic mass is 19.3. The number of nitrogens with one attached hydrogen (secondary N) is 1. The number of aryl methyl sites for hydroxylation is 1. The van der Waals surface area contributed by atoms with Crippen molar-refractivity contribution in [2.75, 3.05) is 32.6 Å². The van der Waals surface area contributed by atoms with Crippen LogP contribution in [0.25, 0.3) is 16.4 Å². The molecule has 0 radical (unpaired) electrons. The van der Waals surface area contributed by atoms with E-state index in [1.54, 1.807) is 22.7 Å². The normalized spacial score (nSPS) is 17.2. The Morgan fingerprint density at radius 1 is 1.10 bits per heavy atom. The smallest absolute Gasteiger partial charge is 0.296 e. The van der Waals surface area contributed by atoms with Crippen LogP contribution in [0.5, 0.6) is 23.1 Å². The first kappa shape index (κ1) is 25.7. The molecule has 206 valence electrons. The third kappa shape index (κ3) is 4.93. The van der Waals surface area contributed by atoms with Gasteiger partial charge in [-0.3, -0.25) is 0 Å². The Morgan fingerprint density at radius 2 is 1.98 bits per heavy atom. The van der Waals surface area contributed by atoms with Crippen molar-refractivity contribution >= 4 is 27.9 Å². The summed E-state index contributed by atoms with van der Waals surface area (Å²) in [5, 5.41) is 7.92. The van der Waals surface area contributed by atoms with Crippen molar-refractivity contribution in [1.29, 1.82) is 0 Å². The number of benzene rings is 1. The minimum Gasteiger partial charge on any atom is -0.478 e. The SMILES string of the molecule is COc1ncc2ncnc(Nc3ccc(Oc4ccc5ccnn5c4)c(C)c3)c2c1O[C@@H]1CCN(C)CC1(F)F. The Labute approximate surface area is 228 Å². The van der Waals surface area contributed by atoms with E-state index < -0.39 is 18.6 Å². The summed E-state index contributed by atoms with van der Waals surface area (Å²) in [6, 6.07) is 11.3. The van der Waals surface area contributed by atoms with Crippen molar-refractivity contribution in [3.63, 3.8) is 0 Å². The van der Waals surface area contributed by atoms with Gasteiger partial charge >= 0.3 is 0 Å². The van der Waals surface area contributed by atoms with Crippen LogP contribution in [0.3, 0.4) is 0 Å². The number of hydrogen-bond acceptors (Lipinski definition) is 9. The van der Waals surface area contributed by atoms with Gasteiger partial charge in [0.2, 0.25) is 0 Å². The Hall–Kier alpha value is -4.58. The van der Waals surface area contributed by atoms with Gasteiger partial charge in [0.25, 0.3) is 11.8 Å². The minimum atomic E-state index is -3.06. The average molecular weight is 548 g/mol. The van der Waals surface area contributed by atoms with Crippen molar-refractivity contribution < 1.29 is 23.0 Å². The topological polar surface area (TPSA) is 98.9 Å². The van der Waals surface area contributed by atoms with Crippen LogP contribution in [0.1, 0.15) is 12.0 Å². The van der Waals surface area contributed by atoms with E-state index in [9.17, 15) is 8.78 Å². The molecule has 0 amide bonds. The first-order valence-electron chi connectivity index (χ1n) is 12.7. The molecule has 0 unspecified atom stereocenters. The van der Waals surface area contributed by atoms with E-state index in [0.717, 1.165) is 11.1 Å². The van der Waals surface area contributed by atoms with E-state index in [0.29, 0.717) is 40.5 Å². The number of anilines is 2. The summed E-state index contributed by atoms with van der Waals surface area (Å²) in [6.45, 7) is 2.00. The summed E-state index contributed by atoms with van der Waals surface area (Å²) >= 11 is 0. The zero-order valence-electron chi connectivity index (χ0n) is 22.1. The Morgan fingerprint density at radius 3 is 2.77 bits per heavy atom. The molecule has 1 fully saturated rings. The molecule has 0 spiro atoms. The summed E-state index contributed by atoms with van der Waals surface area (Å²) in [7, 11) is 3.08.